The Morgan fingerprint density at radius 2 is 1.09 bits per heavy atom. The Labute approximate surface area is 385 Å². The number of rotatable bonds is 35. The second-order valence-electron chi connectivity index (χ2n) is 17.8. The highest BCUT2D eigenvalue weighted by molar-refractivity contribution is 5.94. The molecule has 2 aromatic rings. The summed E-state index contributed by atoms with van der Waals surface area (Å²) in [7, 11) is 0. The fourth-order valence-corrected chi connectivity index (χ4v) is 7.61. The fourth-order valence-electron chi connectivity index (χ4n) is 7.61. The van der Waals surface area contributed by atoms with E-state index in [4.69, 9.17) is 11.5 Å². The van der Waals surface area contributed by atoms with Crippen molar-refractivity contribution in [1.29, 1.82) is 0 Å². The molecule has 6 amide bonds. The first-order valence-electron chi connectivity index (χ1n) is 23.3. The maximum atomic E-state index is 13.6. The molecule has 0 saturated carbocycles. The molecule has 0 radical (unpaired) electrons. The number of carboxylic acids is 1. The van der Waals surface area contributed by atoms with E-state index in [1.54, 1.807) is 24.3 Å². The van der Waals surface area contributed by atoms with E-state index in [2.05, 4.69) is 26.6 Å². The molecule has 65 heavy (non-hydrogen) atoms. The molecular weight excluding hydrogens is 831 g/mol. The predicted octanol–water partition coefficient (Wildman–Crippen LogP) is 4.16. The number of benzene rings is 2. The topological polar surface area (TPSA) is 269 Å². The second-order valence-corrected chi connectivity index (χ2v) is 17.8. The number of nitrogens with two attached hydrogens (primary N) is 2. The zero-order valence-electron chi connectivity index (χ0n) is 38.9. The largest absolute Gasteiger partial charge is 0.480 e. The minimum atomic E-state index is -1.20. The summed E-state index contributed by atoms with van der Waals surface area (Å²) >= 11 is 0. The van der Waals surface area contributed by atoms with E-state index >= 15 is 0 Å². The normalized spacial score (nSPS) is 14.0. The van der Waals surface area contributed by atoms with Gasteiger partial charge in [0.05, 0.1) is 12.5 Å². The molecular formula is C49H75N7O9. The van der Waals surface area contributed by atoms with Crippen LogP contribution in [0.2, 0.25) is 0 Å². The van der Waals surface area contributed by atoms with Crippen LogP contribution in [0, 0.1) is 11.8 Å². The van der Waals surface area contributed by atoms with Crippen molar-refractivity contribution in [3.05, 3.63) is 71.8 Å². The van der Waals surface area contributed by atoms with Gasteiger partial charge in [0.1, 0.15) is 30.5 Å². The van der Waals surface area contributed by atoms with Crippen LogP contribution in [-0.4, -0.2) is 89.1 Å². The second kappa shape index (κ2) is 31.3. The fraction of sp³-hybridized carbons (Fsp3) is 0.592. The number of carbonyl (C=O) groups is 8. The van der Waals surface area contributed by atoms with Gasteiger partial charge in [-0.3, -0.25) is 28.8 Å². The molecule has 0 aromatic heterocycles. The van der Waals surface area contributed by atoms with Crippen molar-refractivity contribution in [2.75, 3.05) is 0 Å². The first-order valence-corrected chi connectivity index (χ1v) is 23.3. The number of hydrogen-bond donors (Lipinski definition) is 8. The van der Waals surface area contributed by atoms with E-state index in [-0.39, 0.29) is 49.5 Å². The Hall–Kier alpha value is -5.64. The van der Waals surface area contributed by atoms with E-state index in [9.17, 15) is 43.5 Å². The van der Waals surface area contributed by atoms with Gasteiger partial charge >= 0.3 is 5.97 Å². The first-order chi connectivity index (χ1) is 31.0. The molecule has 360 valence electrons. The summed E-state index contributed by atoms with van der Waals surface area (Å²) in [5, 5.41) is 24.2. The molecule has 0 spiro atoms. The third-order valence-electron chi connectivity index (χ3n) is 11.2. The van der Waals surface area contributed by atoms with Gasteiger partial charge in [0, 0.05) is 31.7 Å². The molecule has 2 aromatic carbocycles. The number of aliphatic carboxylic acids is 1. The van der Waals surface area contributed by atoms with Crippen molar-refractivity contribution in [2.45, 2.75) is 173 Å². The lowest BCUT2D eigenvalue weighted by Gasteiger charge is -2.27. The quantitative estimate of drug-likeness (QED) is 0.0362. The Bertz CT molecular complexity index is 1780. The van der Waals surface area contributed by atoms with Gasteiger partial charge in [0.15, 0.2) is 0 Å². The molecule has 2 rings (SSSR count). The average Bonchev–Trinajstić information content (AvgIpc) is 3.25. The molecule has 0 aliphatic rings. The third kappa shape index (κ3) is 23.7. The minimum absolute atomic E-state index is 0.0283. The number of nitrogens with one attached hydrogen (secondary N) is 5. The molecule has 0 bridgehead atoms. The lowest BCUT2D eigenvalue weighted by Crippen LogP contribution is -2.58. The number of primary amides is 2. The van der Waals surface area contributed by atoms with E-state index in [1.807, 2.05) is 64.1 Å². The molecule has 0 aliphatic heterocycles. The SMILES string of the molecule is CC(C)C[C@H](NC(=O)[C@@H](NC(=O)CCCCCCCC(CCCCCCC=O)N[C@@H](CC(N)=O)C(=O)N[C@@H](Cc1ccccc1)C(=O)O)C(C)C)C(=O)N[C@@H](Cc1ccccc1)C(N)=O. The smallest absolute Gasteiger partial charge is 0.326 e. The summed E-state index contributed by atoms with van der Waals surface area (Å²) in [5.41, 5.74) is 12.7. The van der Waals surface area contributed by atoms with Crippen LogP contribution in [0.5, 0.6) is 0 Å². The predicted molar refractivity (Wildman–Crippen MR) is 250 cm³/mol. The van der Waals surface area contributed by atoms with Gasteiger partial charge in [-0.1, -0.05) is 133 Å². The lowest BCUT2D eigenvalue weighted by atomic mass is 9.98. The highest BCUT2D eigenvalue weighted by Crippen LogP contribution is 2.17. The van der Waals surface area contributed by atoms with Crippen LogP contribution in [0.1, 0.15) is 135 Å². The van der Waals surface area contributed by atoms with Crippen LogP contribution in [-0.2, 0) is 51.2 Å². The molecule has 0 saturated heterocycles. The van der Waals surface area contributed by atoms with Gasteiger partial charge in [-0.15, -0.1) is 0 Å². The van der Waals surface area contributed by atoms with Crippen LogP contribution in [0.4, 0.5) is 0 Å². The first kappa shape index (κ1) is 55.5. The van der Waals surface area contributed by atoms with Gasteiger partial charge in [-0.2, -0.15) is 0 Å². The number of unbranched alkanes of at least 4 members (excludes halogenated alkanes) is 8. The van der Waals surface area contributed by atoms with Gasteiger partial charge in [-0.05, 0) is 55.1 Å². The summed E-state index contributed by atoms with van der Waals surface area (Å²) in [6.45, 7) is 7.44. The number of carbonyl (C=O) groups excluding carboxylic acids is 7. The molecule has 0 fully saturated rings. The van der Waals surface area contributed by atoms with E-state index in [1.165, 1.54) is 0 Å². The lowest BCUT2D eigenvalue weighted by molar-refractivity contribution is -0.142. The van der Waals surface area contributed by atoms with Crippen molar-refractivity contribution in [2.24, 2.45) is 23.3 Å². The zero-order chi connectivity index (χ0) is 48.1. The summed E-state index contributed by atoms with van der Waals surface area (Å²) in [6, 6.07) is 12.9. The van der Waals surface area contributed by atoms with Crippen LogP contribution in [0.15, 0.2) is 60.7 Å². The number of carboxylic acid groups (broad SMARTS) is 1. The van der Waals surface area contributed by atoms with E-state index in [0.717, 1.165) is 68.8 Å². The Morgan fingerprint density at radius 1 is 0.600 bits per heavy atom. The average molecular weight is 906 g/mol. The minimum Gasteiger partial charge on any atom is -0.480 e. The Kier molecular flexibility index (Phi) is 26.7. The Balaban J connectivity index is 1.95. The molecule has 6 atom stereocenters. The van der Waals surface area contributed by atoms with Gasteiger partial charge in [0.2, 0.25) is 35.4 Å². The van der Waals surface area contributed by atoms with Crippen molar-refractivity contribution in [3.8, 4) is 0 Å². The maximum Gasteiger partial charge on any atom is 0.326 e. The molecule has 0 heterocycles. The molecule has 1 unspecified atom stereocenters. The van der Waals surface area contributed by atoms with Crippen molar-refractivity contribution in [3.63, 3.8) is 0 Å². The molecule has 16 heteroatoms. The van der Waals surface area contributed by atoms with Crippen LogP contribution in [0.25, 0.3) is 0 Å². The van der Waals surface area contributed by atoms with Crippen LogP contribution < -0.4 is 38.1 Å². The number of amides is 6. The third-order valence-corrected chi connectivity index (χ3v) is 11.2. The Morgan fingerprint density at radius 3 is 1.60 bits per heavy atom. The van der Waals surface area contributed by atoms with E-state index < -0.39 is 65.7 Å². The molecule has 10 N–H and O–H groups in total. The summed E-state index contributed by atoms with van der Waals surface area (Å²) in [5.74, 6) is -4.78. The van der Waals surface area contributed by atoms with Crippen LogP contribution in [0.3, 0.4) is 0 Å². The van der Waals surface area contributed by atoms with Crippen molar-refractivity contribution >= 4 is 47.7 Å². The standard InChI is InChI=1S/C49H75N7O9/c1-33(2)29-39(46(61)53-38(45(51)60)30-35-21-13-11-14-22-35)54-48(63)44(34(3)4)56-43(59)27-19-9-5-7-17-25-37(26-18-8-6-10-20-28-57)52-40(32-42(50)58)47(62)55-41(49(64)65)31-36-23-15-12-16-24-36/h11-16,21-24,28,33-34,37-41,44,52H,5-10,17-20,25-27,29-32H2,1-4H3,(H2,50,58)(H2,51,60)(H,53,61)(H,54,63)(H,55,62)(H,56,59)(H,64,65)/t37?,38-,39-,40-,41-,44-/m0/s1. The summed E-state index contributed by atoms with van der Waals surface area (Å²) in [4.78, 5) is 101. The highest BCUT2D eigenvalue weighted by Gasteiger charge is 2.32. The van der Waals surface area contributed by atoms with Gasteiger partial charge in [-0.25, -0.2) is 4.79 Å². The highest BCUT2D eigenvalue weighted by atomic mass is 16.4. The maximum absolute atomic E-state index is 13.6. The number of hydrogen-bond acceptors (Lipinski definition) is 9. The van der Waals surface area contributed by atoms with E-state index in [0.29, 0.717) is 32.1 Å². The molecule has 0 aliphatic carbocycles. The molecule has 16 nitrogen and oxygen atoms in total. The monoisotopic (exact) mass is 906 g/mol. The summed E-state index contributed by atoms with van der Waals surface area (Å²) < 4.78 is 0. The number of aldehydes is 1. The van der Waals surface area contributed by atoms with Gasteiger partial charge < -0.3 is 48.0 Å². The summed E-state index contributed by atoms with van der Waals surface area (Å²) in [6.07, 6.45) is 10.4. The van der Waals surface area contributed by atoms with Crippen molar-refractivity contribution < 1.29 is 43.5 Å². The van der Waals surface area contributed by atoms with Crippen molar-refractivity contribution in [1.82, 2.24) is 26.6 Å². The zero-order valence-corrected chi connectivity index (χ0v) is 38.9. The van der Waals surface area contributed by atoms with Gasteiger partial charge in [0.25, 0.3) is 0 Å². The van der Waals surface area contributed by atoms with Crippen LogP contribution >= 0.6 is 0 Å².